The van der Waals surface area contributed by atoms with E-state index in [4.69, 9.17) is 31.8 Å². The molecule has 2 aromatic carbocycles. The number of hydrogen-bond donors (Lipinski definition) is 2. The van der Waals surface area contributed by atoms with Crippen LogP contribution in [-0.4, -0.2) is 76.4 Å². The van der Waals surface area contributed by atoms with Crippen molar-refractivity contribution in [3.63, 3.8) is 0 Å². The number of anilines is 2. The Morgan fingerprint density at radius 1 is 1.14 bits per heavy atom. The molecule has 0 spiro atoms. The lowest BCUT2D eigenvalue weighted by molar-refractivity contribution is 0.108. The fourth-order valence-corrected chi connectivity index (χ4v) is 9.34. The van der Waals surface area contributed by atoms with E-state index >= 15 is 4.39 Å². The molecule has 0 saturated carbocycles. The Labute approximate surface area is 255 Å². The number of benzene rings is 2. The van der Waals surface area contributed by atoms with Gasteiger partial charge in [-0.3, -0.25) is 4.90 Å². The number of nitrogens with one attached hydrogen (secondary N) is 1. The van der Waals surface area contributed by atoms with Crippen LogP contribution in [0.15, 0.2) is 12.1 Å². The van der Waals surface area contributed by atoms with Crippen LogP contribution in [0.3, 0.4) is 0 Å². The standard InChI is InChI=1S/C30H30ClF2N7O2S/c31-21-19(15-4-5-16(32)26-23(15)36-28(34)43-26)22(33)24-20-25(21)41-12-18-17-6-3-14(35-17)11-40(18)27(20)38-29(37-24)42-13-30-7-1-9-39(30)10-2-8-30/h4-5,14,17-18,35H,1-3,6-13H2,(H2,34,36)/t14-,17+,18-/m1/s1. The number of ether oxygens (including phenoxy) is 2. The van der Waals surface area contributed by atoms with E-state index in [2.05, 4.69) is 25.1 Å². The Hall–Kier alpha value is -3.06. The highest BCUT2D eigenvalue weighted by Gasteiger charge is 2.46. The minimum Gasteiger partial charge on any atom is -0.489 e. The van der Waals surface area contributed by atoms with Gasteiger partial charge < -0.3 is 25.4 Å². The molecule has 2 bridgehead atoms. The molecule has 224 valence electrons. The van der Waals surface area contributed by atoms with Crippen LogP contribution in [0.25, 0.3) is 32.2 Å². The summed E-state index contributed by atoms with van der Waals surface area (Å²) in [5, 5.41) is 4.39. The van der Waals surface area contributed by atoms with Gasteiger partial charge in [-0.15, -0.1) is 0 Å². The van der Waals surface area contributed by atoms with Crippen LogP contribution < -0.4 is 25.4 Å². The number of hydrogen-bond acceptors (Lipinski definition) is 10. The van der Waals surface area contributed by atoms with Crippen LogP contribution in [-0.2, 0) is 0 Å². The number of halogens is 3. The quantitative estimate of drug-likeness (QED) is 0.320. The summed E-state index contributed by atoms with van der Waals surface area (Å²) in [5.41, 5.74) is 6.61. The van der Waals surface area contributed by atoms with Gasteiger partial charge in [-0.2, -0.15) is 9.97 Å². The zero-order valence-electron chi connectivity index (χ0n) is 23.3. The maximum Gasteiger partial charge on any atom is 0.319 e. The number of nitrogens with zero attached hydrogens (tertiary/aromatic N) is 5. The first-order chi connectivity index (χ1) is 20.9. The van der Waals surface area contributed by atoms with Gasteiger partial charge in [-0.25, -0.2) is 13.8 Å². The summed E-state index contributed by atoms with van der Waals surface area (Å²) in [7, 11) is 0. The van der Waals surface area contributed by atoms with E-state index in [1.165, 1.54) is 12.1 Å². The van der Waals surface area contributed by atoms with Gasteiger partial charge in [0.15, 0.2) is 16.7 Å². The Kier molecular flexibility index (Phi) is 5.80. The number of nitrogen functional groups attached to an aromatic ring is 1. The molecule has 0 radical (unpaired) electrons. The van der Waals surface area contributed by atoms with E-state index < -0.39 is 11.6 Å². The van der Waals surface area contributed by atoms with Crippen LogP contribution in [0.1, 0.15) is 38.5 Å². The number of nitrogens with two attached hydrogens (primary N) is 1. The second-order valence-electron chi connectivity index (χ2n) is 12.5. The molecule has 9 nitrogen and oxygen atoms in total. The molecule has 5 aliphatic rings. The highest BCUT2D eigenvalue weighted by atomic mass is 35.5. The van der Waals surface area contributed by atoms with Gasteiger partial charge >= 0.3 is 6.01 Å². The third kappa shape index (κ3) is 3.82. The second-order valence-corrected chi connectivity index (χ2v) is 13.9. The third-order valence-electron chi connectivity index (χ3n) is 10.2. The number of rotatable bonds is 4. The monoisotopic (exact) mass is 625 g/mol. The molecule has 3 atom stereocenters. The van der Waals surface area contributed by atoms with Gasteiger partial charge in [0, 0.05) is 29.8 Å². The molecule has 3 N–H and O–H groups in total. The summed E-state index contributed by atoms with van der Waals surface area (Å²) < 4.78 is 44.8. The Balaban J connectivity index is 1.25. The average molecular weight is 626 g/mol. The minimum absolute atomic E-state index is 0.0192. The lowest BCUT2D eigenvalue weighted by Crippen LogP contribution is -2.60. The summed E-state index contributed by atoms with van der Waals surface area (Å²) in [6.45, 7) is 3.66. The molecule has 43 heavy (non-hydrogen) atoms. The van der Waals surface area contributed by atoms with E-state index in [1.807, 2.05) is 0 Å². The maximum atomic E-state index is 17.0. The van der Waals surface area contributed by atoms with Gasteiger partial charge in [0.05, 0.1) is 32.2 Å². The molecule has 4 saturated heterocycles. The van der Waals surface area contributed by atoms with Crippen molar-refractivity contribution in [2.45, 2.75) is 62.2 Å². The summed E-state index contributed by atoms with van der Waals surface area (Å²) in [6, 6.07) is 3.41. The van der Waals surface area contributed by atoms with Gasteiger partial charge in [0.25, 0.3) is 0 Å². The summed E-state index contributed by atoms with van der Waals surface area (Å²) >= 11 is 8.05. The van der Waals surface area contributed by atoms with Crippen molar-refractivity contribution in [2.24, 2.45) is 0 Å². The molecule has 4 fully saturated rings. The zero-order valence-corrected chi connectivity index (χ0v) is 24.9. The predicted molar refractivity (Wildman–Crippen MR) is 162 cm³/mol. The highest BCUT2D eigenvalue weighted by Crippen LogP contribution is 2.51. The number of fused-ring (bicyclic) bond motifs is 7. The lowest BCUT2D eigenvalue weighted by atomic mass is 9.95. The van der Waals surface area contributed by atoms with E-state index in [9.17, 15) is 4.39 Å². The van der Waals surface area contributed by atoms with Crippen molar-refractivity contribution in [3.8, 4) is 22.9 Å². The van der Waals surface area contributed by atoms with Crippen molar-refractivity contribution in [3.05, 3.63) is 28.8 Å². The fraction of sp³-hybridized carbons (Fsp3) is 0.500. The van der Waals surface area contributed by atoms with Crippen LogP contribution in [0.5, 0.6) is 11.8 Å². The van der Waals surface area contributed by atoms with E-state index in [-0.39, 0.29) is 55.1 Å². The average Bonchev–Trinajstić information content (AvgIpc) is 3.75. The van der Waals surface area contributed by atoms with E-state index in [0.717, 1.165) is 63.0 Å². The minimum atomic E-state index is -0.654. The molecule has 7 heterocycles. The molecule has 13 heteroatoms. The van der Waals surface area contributed by atoms with Crippen molar-refractivity contribution >= 4 is 55.0 Å². The van der Waals surface area contributed by atoms with E-state index in [0.29, 0.717) is 48.3 Å². The Morgan fingerprint density at radius 2 is 1.98 bits per heavy atom. The third-order valence-corrected chi connectivity index (χ3v) is 11.5. The van der Waals surface area contributed by atoms with Gasteiger partial charge in [-0.1, -0.05) is 22.9 Å². The van der Waals surface area contributed by atoms with Gasteiger partial charge in [-0.05, 0) is 63.7 Å². The number of piperazine rings is 1. The van der Waals surface area contributed by atoms with Gasteiger partial charge in [0.1, 0.15) is 30.4 Å². The molecule has 4 aromatic rings. The molecule has 0 unspecified atom stereocenters. The summed E-state index contributed by atoms with van der Waals surface area (Å²) in [4.78, 5) is 18.7. The smallest absolute Gasteiger partial charge is 0.319 e. The topological polar surface area (TPSA) is 102 Å². The molecule has 9 rings (SSSR count). The molecular formula is C30H30ClF2N7O2S. The van der Waals surface area contributed by atoms with Crippen molar-refractivity contribution in [1.29, 1.82) is 0 Å². The van der Waals surface area contributed by atoms with Crippen molar-refractivity contribution < 1.29 is 18.3 Å². The Morgan fingerprint density at radius 3 is 2.81 bits per heavy atom. The Bertz CT molecular complexity index is 1810. The largest absolute Gasteiger partial charge is 0.489 e. The lowest BCUT2D eigenvalue weighted by Gasteiger charge is -2.40. The first-order valence-electron chi connectivity index (χ1n) is 15.0. The molecule has 0 amide bonds. The number of thiazole rings is 1. The van der Waals surface area contributed by atoms with Crippen LogP contribution in [0.2, 0.25) is 5.02 Å². The molecule has 0 aliphatic carbocycles. The normalized spacial score (nSPS) is 25.7. The van der Waals surface area contributed by atoms with Crippen molar-refractivity contribution in [1.82, 2.24) is 25.2 Å². The summed E-state index contributed by atoms with van der Waals surface area (Å²) in [6.07, 6.45) is 6.51. The van der Waals surface area contributed by atoms with Crippen LogP contribution >= 0.6 is 22.9 Å². The first kappa shape index (κ1) is 26.4. The SMILES string of the molecule is Nc1nc2c(-c3c(Cl)c4c5c(nc(OCC67CCCN6CCC7)nc5c3F)N3C[C@H]5CC[C@H](N5)[C@H]3CO4)ccc(F)c2s1. The molecule has 5 aliphatic heterocycles. The fourth-order valence-electron chi connectivity index (χ4n) is 8.24. The number of aromatic nitrogens is 3. The van der Waals surface area contributed by atoms with Crippen LogP contribution in [0, 0.1) is 11.6 Å². The first-order valence-corrected chi connectivity index (χ1v) is 16.2. The summed E-state index contributed by atoms with van der Waals surface area (Å²) in [5.74, 6) is -0.237. The highest BCUT2D eigenvalue weighted by molar-refractivity contribution is 7.22. The second kappa shape index (κ2) is 9.47. The zero-order chi connectivity index (χ0) is 29.0. The van der Waals surface area contributed by atoms with Crippen LogP contribution in [0.4, 0.5) is 19.7 Å². The molecular weight excluding hydrogens is 596 g/mol. The van der Waals surface area contributed by atoms with E-state index in [1.54, 1.807) is 0 Å². The predicted octanol–water partition coefficient (Wildman–Crippen LogP) is 5.13. The molecule has 2 aromatic heterocycles. The maximum absolute atomic E-state index is 17.0. The van der Waals surface area contributed by atoms with Crippen molar-refractivity contribution in [2.75, 3.05) is 43.5 Å². The van der Waals surface area contributed by atoms with Gasteiger partial charge in [0.2, 0.25) is 0 Å².